The van der Waals surface area contributed by atoms with Gasteiger partial charge in [0.05, 0.1) is 17.6 Å². The van der Waals surface area contributed by atoms with E-state index in [0.717, 1.165) is 33.3 Å². The molecule has 0 unspecified atom stereocenters. The van der Waals surface area contributed by atoms with Gasteiger partial charge in [-0.2, -0.15) is 4.57 Å². The fourth-order valence-corrected chi connectivity index (χ4v) is 4.14. The largest absolute Gasteiger partial charge is 0.220 e. The molecular weight excluding hydrogens is 294 g/mol. The lowest BCUT2D eigenvalue weighted by atomic mass is 9.99. The third kappa shape index (κ3) is 2.84. The summed E-state index contributed by atoms with van der Waals surface area (Å²) in [7, 11) is 0.486. The van der Waals surface area contributed by atoms with Crippen LogP contribution in [0, 0.1) is 13.8 Å². The lowest BCUT2D eigenvalue weighted by Gasteiger charge is -2.18. The normalized spacial score (nSPS) is 13.7. The first kappa shape index (κ1) is 12.5. The molecule has 0 amide bonds. The molecule has 3 aromatic rings. The van der Waals surface area contributed by atoms with Gasteiger partial charge in [-0.15, -0.1) is 0 Å². The van der Waals surface area contributed by atoms with E-state index in [9.17, 15) is 0 Å². The highest BCUT2D eigenvalue weighted by Crippen LogP contribution is 2.28. The zero-order valence-electron chi connectivity index (χ0n) is 17.8. The van der Waals surface area contributed by atoms with Crippen LogP contribution in [0.1, 0.15) is 15.4 Å². The summed E-state index contributed by atoms with van der Waals surface area (Å²) in [4.78, 5) is 0. The van der Waals surface area contributed by atoms with E-state index in [1.807, 2.05) is 31.5 Å². The Balaban J connectivity index is 2.47. The zero-order chi connectivity index (χ0) is 19.4. The van der Waals surface area contributed by atoms with Crippen molar-refractivity contribution in [3.8, 4) is 11.3 Å². The second kappa shape index (κ2) is 5.61. The van der Waals surface area contributed by atoms with E-state index in [1.165, 1.54) is 5.19 Å². The second-order valence-electron chi connectivity index (χ2n) is 7.27. The molecule has 23 heavy (non-hydrogen) atoms. The summed E-state index contributed by atoms with van der Waals surface area (Å²) in [5.41, 5.74) is 3.64. The summed E-state index contributed by atoms with van der Waals surface area (Å²) in [5, 5.41) is 3.31. The van der Waals surface area contributed by atoms with Crippen LogP contribution in [0.3, 0.4) is 0 Å². The predicted molar refractivity (Wildman–Crippen MR) is 103 cm³/mol. The molecule has 2 heteroatoms. The Bertz CT molecular complexity index is 1040. The Morgan fingerprint density at radius 1 is 1.09 bits per heavy atom. The number of hydrogen-bond donors (Lipinski definition) is 0. The second-order valence-corrected chi connectivity index (χ2v) is 12.3. The molecule has 0 fully saturated rings. The van der Waals surface area contributed by atoms with Crippen LogP contribution >= 0.6 is 0 Å². The number of pyridine rings is 1. The molecule has 2 aromatic carbocycles. The molecular formula is C21H26NSi+. The molecule has 0 bridgehead atoms. The highest BCUT2D eigenvalue weighted by Gasteiger charge is 2.22. The molecule has 1 aromatic heterocycles. The van der Waals surface area contributed by atoms with Crippen LogP contribution in [0.5, 0.6) is 0 Å². The molecule has 0 atom stereocenters. The SMILES string of the molecule is [2H]c1cc([2H])c(C)c(-c2c3ccc([Si](C)(C)C)cc3c([2H])c(C)[n+]2C)c1. The van der Waals surface area contributed by atoms with E-state index < -0.39 is 8.07 Å². The van der Waals surface area contributed by atoms with Gasteiger partial charge in [0.2, 0.25) is 5.69 Å². The fraction of sp³-hybridized carbons (Fsp3) is 0.286. The average Bonchev–Trinajstić information content (AvgIpc) is 2.56. The van der Waals surface area contributed by atoms with Crippen LogP contribution in [0.4, 0.5) is 0 Å². The van der Waals surface area contributed by atoms with Gasteiger partial charge in [0.25, 0.3) is 0 Å². The summed E-state index contributed by atoms with van der Waals surface area (Å²) in [6, 6.07) is 11.2. The molecule has 3 rings (SSSR count). The molecule has 0 radical (unpaired) electrons. The van der Waals surface area contributed by atoms with E-state index in [0.29, 0.717) is 18.1 Å². The van der Waals surface area contributed by atoms with Gasteiger partial charge in [-0.05, 0) is 30.0 Å². The maximum absolute atomic E-state index is 8.65. The smallest absolute Gasteiger partial charge is 0.198 e. The highest BCUT2D eigenvalue weighted by molar-refractivity contribution is 6.88. The summed E-state index contributed by atoms with van der Waals surface area (Å²) in [6.07, 6.45) is 0. The number of nitrogens with zero attached hydrogens (tertiary/aromatic N) is 1. The lowest BCUT2D eigenvalue weighted by Crippen LogP contribution is -2.38. The molecule has 0 spiro atoms. The van der Waals surface area contributed by atoms with Gasteiger partial charge >= 0.3 is 0 Å². The van der Waals surface area contributed by atoms with E-state index in [2.05, 4.69) is 37.8 Å². The third-order valence-corrected chi connectivity index (χ3v) is 6.60. The summed E-state index contributed by atoms with van der Waals surface area (Å²) >= 11 is 0. The van der Waals surface area contributed by atoms with Gasteiger partial charge in [-0.1, -0.05) is 55.1 Å². The Morgan fingerprint density at radius 3 is 2.52 bits per heavy atom. The number of hydrogen-bond acceptors (Lipinski definition) is 0. The maximum Gasteiger partial charge on any atom is 0.220 e. The van der Waals surface area contributed by atoms with Crippen LogP contribution in [-0.2, 0) is 7.05 Å². The lowest BCUT2D eigenvalue weighted by molar-refractivity contribution is -0.665. The van der Waals surface area contributed by atoms with Crippen LogP contribution in [-0.4, -0.2) is 8.07 Å². The molecule has 0 aliphatic rings. The van der Waals surface area contributed by atoms with E-state index in [-0.39, 0.29) is 0 Å². The van der Waals surface area contributed by atoms with Gasteiger partial charge in [0, 0.05) is 18.5 Å². The van der Waals surface area contributed by atoms with E-state index >= 15 is 0 Å². The van der Waals surface area contributed by atoms with Crippen molar-refractivity contribution in [3.63, 3.8) is 0 Å². The first-order chi connectivity index (χ1) is 12.0. The molecule has 1 nitrogen and oxygen atoms in total. The first-order valence-corrected chi connectivity index (χ1v) is 11.5. The average molecular weight is 324 g/mol. The van der Waals surface area contributed by atoms with Gasteiger partial charge in [0.1, 0.15) is 7.05 Å². The molecule has 0 saturated carbocycles. The molecule has 0 N–H and O–H groups in total. The van der Waals surface area contributed by atoms with E-state index in [1.54, 1.807) is 6.07 Å². The number of aromatic nitrogens is 1. The highest BCUT2D eigenvalue weighted by atomic mass is 28.3. The molecule has 0 aliphatic heterocycles. The number of benzene rings is 2. The first-order valence-electron chi connectivity index (χ1n) is 9.54. The third-order valence-electron chi connectivity index (χ3n) is 4.55. The van der Waals surface area contributed by atoms with E-state index in [4.69, 9.17) is 4.11 Å². The van der Waals surface area contributed by atoms with Gasteiger partial charge in [-0.25, -0.2) is 0 Å². The van der Waals surface area contributed by atoms with Gasteiger partial charge < -0.3 is 0 Å². The summed E-state index contributed by atoms with van der Waals surface area (Å²) < 4.78 is 26.9. The minimum atomic E-state index is -1.48. The molecule has 0 aliphatic carbocycles. The molecule has 1 heterocycles. The van der Waals surface area contributed by atoms with Gasteiger partial charge in [0.15, 0.2) is 5.69 Å². The van der Waals surface area contributed by atoms with Gasteiger partial charge in [-0.3, -0.25) is 0 Å². The Kier molecular flexibility index (Phi) is 3.04. The summed E-state index contributed by atoms with van der Waals surface area (Å²) in [6.45, 7) is 10.8. The topological polar surface area (TPSA) is 3.88 Å². The number of fused-ring (bicyclic) bond motifs is 1. The Morgan fingerprint density at radius 2 is 1.83 bits per heavy atom. The molecule has 0 saturated heterocycles. The van der Waals surface area contributed by atoms with Crippen molar-refractivity contribution in [1.29, 1.82) is 0 Å². The van der Waals surface area contributed by atoms with Crippen molar-refractivity contribution < 1.29 is 8.68 Å². The van der Waals surface area contributed by atoms with Crippen molar-refractivity contribution in [2.45, 2.75) is 33.5 Å². The van der Waals surface area contributed by atoms with Crippen molar-refractivity contribution in [2.75, 3.05) is 0 Å². The number of rotatable bonds is 2. The predicted octanol–water partition coefficient (Wildman–Crippen LogP) is 4.49. The molecule has 118 valence electrons. The Labute approximate surface area is 144 Å². The minimum absolute atomic E-state index is 0.343. The van der Waals surface area contributed by atoms with Crippen LogP contribution in [0.25, 0.3) is 22.0 Å². The quantitative estimate of drug-likeness (QED) is 0.483. The monoisotopic (exact) mass is 323 g/mol. The Hall–Kier alpha value is -1.93. The van der Waals surface area contributed by atoms with Crippen molar-refractivity contribution in [1.82, 2.24) is 0 Å². The maximum atomic E-state index is 8.65. The van der Waals surface area contributed by atoms with Crippen molar-refractivity contribution >= 4 is 24.0 Å². The van der Waals surface area contributed by atoms with Crippen molar-refractivity contribution in [3.05, 3.63) is 59.7 Å². The standard InChI is InChI=1S/C21H26NSi/c1-15-9-7-8-10-19(15)21-20-12-11-18(23(4,5)6)14-17(20)13-16(2)22(21)3/h7-14H,1-6H3/q+1/i8D,9D,13D. The van der Waals surface area contributed by atoms with Crippen LogP contribution < -0.4 is 9.75 Å². The minimum Gasteiger partial charge on any atom is -0.198 e. The van der Waals surface area contributed by atoms with Crippen LogP contribution in [0.15, 0.2) is 48.5 Å². The van der Waals surface area contributed by atoms with Crippen molar-refractivity contribution in [2.24, 2.45) is 7.05 Å². The van der Waals surface area contributed by atoms with Crippen LogP contribution in [0.2, 0.25) is 19.6 Å². The summed E-state index contributed by atoms with van der Waals surface area (Å²) in [5.74, 6) is 0. The fourth-order valence-electron chi connectivity index (χ4n) is 2.98. The zero-order valence-corrected chi connectivity index (χ0v) is 15.8.